The summed E-state index contributed by atoms with van der Waals surface area (Å²) in [7, 11) is 0. The van der Waals surface area contributed by atoms with Gasteiger partial charge in [-0.25, -0.2) is 0 Å². The molecule has 2 aliphatic rings. The van der Waals surface area contributed by atoms with Gasteiger partial charge < -0.3 is 5.32 Å². The lowest BCUT2D eigenvalue weighted by Crippen LogP contribution is -2.46. The van der Waals surface area contributed by atoms with E-state index in [1.54, 1.807) is 0 Å². The third-order valence-corrected chi connectivity index (χ3v) is 5.54. The first-order valence-electron chi connectivity index (χ1n) is 8.88. The summed E-state index contributed by atoms with van der Waals surface area (Å²) < 4.78 is 0. The number of piperidine rings is 1. The van der Waals surface area contributed by atoms with Crippen LogP contribution in [0, 0.1) is 11.8 Å². The molecule has 2 fully saturated rings. The van der Waals surface area contributed by atoms with E-state index in [-0.39, 0.29) is 0 Å². The second kappa shape index (κ2) is 7.42. The quantitative estimate of drug-likeness (QED) is 0.884. The Kier molecular flexibility index (Phi) is 5.32. The van der Waals surface area contributed by atoms with Crippen molar-refractivity contribution < 1.29 is 0 Å². The second-order valence-corrected chi connectivity index (χ2v) is 6.82. The Bertz CT molecular complexity index is 417. The summed E-state index contributed by atoms with van der Waals surface area (Å²) in [5, 5.41) is 3.57. The van der Waals surface area contributed by atoms with Crippen LogP contribution >= 0.6 is 0 Å². The number of rotatable bonds is 5. The molecule has 3 rings (SSSR count). The summed E-state index contributed by atoms with van der Waals surface area (Å²) in [6.07, 6.45) is 7.30. The van der Waals surface area contributed by atoms with Crippen LogP contribution in [0.1, 0.15) is 50.6 Å². The first-order valence-corrected chi connectivity index (χ1v) is 8.88. The van der Waals surface area contributed by atoms with E-state index >= 15 is 0 Å². The average molecular weight is 286 g/mol. The molecule has 1 N–H and O–H groups in total. The van der Waals surface area contributed by atoms with Gasteiger partial charge in [-0.15, -0.1) is 0 Å². The van der Waals surface area contributed by atoms with Gasteiger partial charge in [-0.1, -0.05) is 56.5 Å². The van der Waals surface area contributed by atoms with Crippen LogP contribution in [0.2, 0.25) is 0 Å². The molecule has 1 aliphatic heterocycles. The second-order valence-electron chi connectivity index (χ2n) is 6.82. The Morgan fingerprint density at radius 1 is 1.10 bits per heavy atom. The number of hydrogen-bond donors (Lipinski definition) is 1. The minimum Gasteiger partial charge on any atom is -0.315 e. The van der Waals surface area contributed by atoms with Crippen LogP contribution in [0.25, 0.3) is 0 Å². The molecule has 1 aromatic rings. The zero-order valence-electron chi connectivity index (χ0n) is 13.4. The van der Waals surface area contributed by atoms with Crippen LogP contribution in [0.3, 0.4) is 0 Å². The van der Waals surface area contributed by atoms with Crippen LogP contribution in [0.5, 0.6) is 0 Å². The van der Waals surface area contributed by atoms with Crippen molar-refractivity contribution in [2.75, 3.05) is 26.2 Å². The smallest absolute Gasteiger partial charge is 0.0472 e. The number of likely N-dealkylation sites (N-methyl/N-ethyl adjacent to an activating group) is 1. The fourth-order valence-electron chi connectivity index (χ4n) is 4.33. The predicted octanol–water partition coefficient (Wildman–Crippen LogP) is 3.85. The van der Waals surface area contributed by atoms with Gasteiger partial charge in [0.2, 0.25) is 0 Å². The molecule has 116 valence electrons. The number of fused-ring (bicyclic) bond motifs is 1. The van der Waals surface area contributed by atoms with Crippen molar-refractivity contribution in [1.82, 2.24) is 10.2 Å². The van der Waals surface area contributed by atoms with Gasteiger partial charge in [0.1, 0.15) is 0 Å². The maximum atomic E-state index is 3.57. The van der Waals surface area contributed by atoms with Crippen molar-refractivity contribution in [3.63, 3.8) is 0 Å². The Morgan fingerprint density at radius 2 is 1.86 bits per heavy atom. The molecule has 3 unspecified atom stereocenters. The van der Waals surface area contributed by atoms with Gasteiger partial charge in [-0.2, -0.15) is 0 Å². The van der Waals surface area contributed by atoms with Crippen LogP contribution in [0.4, 0.5) is 0 Å². The third-order valence-electron chi connectivity index (χ3n) is 5.54. The van der Waals surface area contributed by atoms with Gasteiger partial charge >= 0.3 is 0 Å². The van der Waals surface area contributed by atoms with E-state index in [0.29, 0.717) is 6.04 Å². The van der Waals surface area contributed by atoms with Gasteiger partial charge in [-0.3, -0.25) is 4.90 Å². The van der Waals surface area contributed by atoms with E-state index in [1.165, 1.54) is 50.8 Å². The summed E-state index contributed by atoms with van der Waals surface area (Å²) in [6.45, 7) is 6.94. The highest BCUT2D eigenvalue weighted by Gasteiger charge is 2.33. The number of nitrogens with zero attached hydrogens (tertiary/aromatic N) is 1. The van der Waals surface area contributed by atoms with Crippen molar-refractivity contribution in [3.05, 3.63) is 35.9 Å². The van der Waals surface area contributed by atoms with Crippen LogP contribution in [-0.4, -0.2) is 31.1 Å². The molecule has 2 heteroatoms. The molecule has 1 aromatic carbocycles. The van der Waals surface area contributed by atoms with Crippen LogP contribution in [0.15, 0.2) is 30.3 Å². The highest BCUT2D eigenvalue weighted by molar-refractivity contribution is 5.19. The van der Waals surface area contributed by atoms with Gasteiger partial charge in [0.05, 0.1) is 0 Å². The summed E-state index contributed by atoms with van der Waals surface area (Å²) >= 11 is 0. The van der Waals surface area contributed by atoms with Crippen molar-refractivity contribution in [3.8, 4) is 0 Å². The number of hydrogen-bond acceptors (Lipinski definition) is 2. The molecule has 2 nitrogen and oxygen atoms in total. The molecule has 0 aromatic heterocycles. The zero-order chi connectivity index (χ0) is 14.5. The third kappa shape index (κ3) is 3.67. The van der Waals surface area contributed by atoms with E-state index in [1.807, 2.05) is 0 Å². The molecular weight excluding hydrogens is 256 g/mol. The average Bonchev–Trinajstić information content (AvgIpc) is 2.56. The van der Waals surface area contributed by atoms with Crippen molar-refractivity contribution in [2.24, 2.45) is 11.8 Å². The SMILES string of the molecule is CCNCC(c1ccccc1)N1CCC2CCCCC2C1. The normalized spacial score (nSPS) is 28.0. The number of likely N-dealkylation sites (tertiary alicyclic amines) is 1. The monoisotopic (exact) mass is 286 g/mol. The first kappa shape index (κ1) is 15.1. The Labute approximate surface area is 129 Å². The van der Waals surface area contributed by atoms with E-state index in [2.05, 4.69) is 47.5 Å². The lowest BCUT2D eigenvalue weighted by Gasteiger charge is -2.44. The van der Waals surface area contributed by atoms with Gasteiger partial charge in [0.25, 0.3) is 0 Å². The number of benzene rings is 1. The lowest BCUT2D eigenvalue weighted by atomic mass is 9.74. The largest absolute Gasteiger partial charge is 0.315 e. The van der Waals surface area contributed by atoms with E-state index in [9.17, 15) is 0 Å². The topological polar surface area (TPSA) is 15.3 Å². The van der Waals surface area contributed by atoms with Crippen LogP contribution < -0.4 is 5.32 Å². The highest BCUT2D eigenvalue weighted by atomic mass is 15.2. The highest BCUT2D eigenvalue weighted by Crippen LogP contribution is 2.38. The molecule has 3 atom stereocenters. The molecule has 21 heavy (non-hydrogen) atoms. The van der Waals surface area contributed by atoms with Crippen molar-refractivity contribution >= 4 is 0 Å². The summed E-state index contributed by atoms with van der Waals surface area (Å²) in [5.74, 6) is 1.98. The zero-order valence-corrected chi connectivity index (χ0v) is 13.4. The standard InChI is InChI=1S/C19H30N2/c1-2-20-14-19(17-9-4-3-5-10-17)21-13-12-16-8-6-7-11-18(16)15-21/h3-5,9-10,16,18-20H,2,6-8,11-15H2,1H3. The molecule has 1 heterocycles. The van der Waals surface area contributed by atoms with Gasteiger partial charge in [0.15, 0.2) is 0 Å². The molecule has 1 saturated carbocycles. The fraction of sp³-hybridized carbons (Fsp3) is 0.684. The van der Waals surface area contributed by atoms with E-state index in [4.69, 9.17) is 0 Å². The molecule has 0 spiro atoms. The molecule has 0 bridgehead atoms. The Morgan fingerprint density at radius 3 is 2.62 bits per heavy atom. The maximum absolute atomic E-state index is 3.57. The molecular formula is C19H30N2. The Hall–Kier alpha value is -0.860. The van der Waals surface area contributed by atoms with Gasteiger partial charge in [0, 0.05) is 19.1 Å². The van der Waals surface area contributed by atoms with Crippen molar-refractivity contribution in [2.45, 2.75) is 45.1 Å². The molecule has 0 radical (unpaired) electrons. The predicted molar refractivity (Wildman–Crippen MR) is 89.4 cm³/mol. The molecule has 0 amide bonds. The summed E-state index contributed by atoms with van der Waals surface area (Å²) in [5.41, 5.74) is 1.48. The van der Waals surface area contributed by atoms with Crippen molar-refractivity contribution in [1.29, 1.82) is 0 Å². The molecule has 1 saturated heterocycles. The summed E-state index contributed by atoms with van der Waals surface area (Å²) in [6, 6.07) is 11.6. The maximum Gasteiger partial charge on any atom is 0.0472 e. The van der Waals surface area contributed by atoms with Crippen LogP contribution in [-0.2, 0) is 0 Å². The van der Waals surface area contributed by atoms with Gasteiger partial charge in [-0.05, 0) is 43.3 Å². The summed E-state index contributed by atoms with van der Waals surface area (Å²) in [4.78, 5) is 2.75. The lowest BCUT2D eigenvalue weighted by molar-refractivity contribution is 0.0561. The first-order chi connectivity index (χ1) is 10.4. The number of nitrogens with one attached hydrogen (secondary N) is 1. The minimum absolute atomic E-state index is 0.550. The van der Waals surface area contributed by atoms with E-state index in [0.717, 1.165) is 24.9 Å². The minimum atomic E-state index is 0.550. The fourth-order valence-corrected chi connectivity index (χ4v) is 4.33. The van der Waals surface area contributed by atoms with E-state index < -0.39 is 0 Å². The molecule has 1 aliphatic carbocycles. The Balaban J connectivity index is 1.70.